The molecule has 0 radical (unpaired) electrons. The third-order valence-corrected chi connectivity index (χ3v) is 8.29. The van der Waals surface area contributed by atoms with Gasteiger partial charge in [0.15, 0.2) is 0 Å². The number of ether oxygens (including phenoxy) is 1. The minimum absolute atomic E-state index is 0.154. The number of pyridine rings is 1. The van der Waals surface area contributed by atoms with Crippen molar-refractivity contribution in [3.8, 4) is 0 Å². The van der Waals surface area contributed by atoms with E-state index >= 15 is 0 Å². The van der Waals surface area contributed by atoms with Crippen LogP contribution in [0.15, 0.2) is 48.5 Å². The van der Waals surface area contributed by atoms with Gasteiger partial charge in [-0.2, -0.15) is 18.0 Å². The van der Waals surface area contributed by atoms with E-state index in [1.807, 2.05) is 29.2 Å². The lowest BCUT2D eigenvalue weighted by molar-refractivity contribution is -0.137. The van der Waals surface area contributed by atoms with Gasteiger partial charge in [0.05, 0.1) is 24.7 Å². The molecule has 2 aromatic heterocycles. The highest BCUT2D eigenvalue weighted by Crippen LogP contribution is 2.34. The Hall–Kier alpha value is -4.22. The maximum absolute atomic E-state index is 13.7. The number of hydrogen-bond acceptors (Lipinski definition) is 8. The molecule has 1 aliphatic carbocycles. The fourth-order valence-corrected chi connectivity index (χ4v) is 6.11. The quantitative estimate of drug-likeness (QED) is 0.178. The molecule has 0 atom stereocenters. The van der Waals surface area contributed by atoms with Crippen molar-refractivity contribution in [2.45, 2.75) is 58.8 Å². The van der Waals surface area contributed by atoms with Crippen molar-refractivity contribution in [3.63, 3.8) is 0 Å². The molecule has 0 spiro atoms. The molecule has 0 N–H and O–H groups in total. The monoisotopic (exact) mass is 609 g/mol. The summed E-state index contributed by atoms with van der Waals surface area (Å²) in [4.78, 5) is 21.2. The van der Waals surface area contributed by atoms with Gasteiger partial charge in [-0.1, -0.05) is 34.9 Å². The molecule has 0 amide bonds. The van der Waals surface area contributed by atoms with Gasteiger partial charge in [-0.15, -0.1) is 5.10 Å². The molecule has 0 saturated heterocycles. The highest BCUT2D eigenvalue weighted by atomic mass is 19.4. The summed E-state index contributed by atoms with van der Waals surface area (Å²) in [6.45, 7) is 6.80. The number of alkyl halides is 3. The number of carbonyl (C=O) groups excluding carboxylic acids is 1. The highest BCUT2D eigenvalue weighted by Gasteiger charge is 2.31. The van der Waals surface area contributed by atoms with Crippen molar-refractivity contribution in [1.82, 2.24) is 25.2 Å². The lowest BCUT2D eigenvalue weighted by Crippen LogP contribution is -2.34. The molecule has 1 fully saturated rings. The van der Waals surface area contributed by atoms with Crippen LogP contribution in [0.2, 0.25) is 0 Å². The zero-order valence-corrected chi connectivity index (χ0v) is 25.3. The van der Waals surface area contributed by atoms with Gasteiger partial charge in [0.1, 0.15) is 5.82 Å². The number of carbonyl (C=O) groups is 1. The van der Waals surface area contributed by atoms with Crippen LogP contribution in [-0.2, 0) is 35.8 Å². The molecule has 234 valence electrons. The van der Waals surface area contributed by atoms with E-state index in [0.717, 1.165) is 67.1 Å². The number of nitrogens with zero attached hydrogens (tertiary/aromatic N) is 7. The SMILES string of the molecule is CCN(C[C@H]1CC[C@H](COC=O)CC1)c1nc2ccccc2cc1CN(Cc1cc(C)cc(C(F)(F)F)c1)c1nnn(C)n1. The summed E-state index contributed by atoms with van der Waals surface area (Å²) in [5.41, 5.74) is 2.14. The predicted octanol–water partition coefficient (Wildman–Crippen LogP) is 6.10. The summed E-state index contributed by atoms with van der Waals surface area (Å²) >= 11 is 0. The predicted molar refractivity (Wildman–Crippen MR) is 162 cm³/mol. The van der Waals surface area contributed by atoms with Crippen LogP contribution in [0.4, 0.5) is 24.9 Å². The van der Waals surface area contributed by atoms with Gasteiger partial charge in [0.25, 0.3) is 12.4 Å². The molecule has 4 aromatic rings. The van der Waals surface area contributed by atoms with Crippen LogP contribution in [0.5, 0.6) is 0 Å². The molecular weight excluding hydrogens is 571 g/mol. The largest absolute Gasteiger partial charge is 0.468 e. The van der Waals surface area contributed by atoms with E-state index in [1.54, 1.807) is 20.0 Å². The fourth-order valence-electron chi connectivity index (χ4n) is 6.11. The standard InChI is InChI=1S/C32H38F3N7O2/c1-4-41(17-23-9-11-24(12-10-23)20-44-21-43)30-27(16-26-7-5-6-8-29(26)36-30)19-42(31-37-39-40(3)38-31)18-25-13-22(2)14-28(15-25)32(33,34)35/h5-8,13-16,21,23-24H,4,9-12,17-20H2,1-3H3/t23-,24-. The Morgan fingerprint density at radius 2 is 1.77 bits per heavy atom. The third kappa shape index (κ3) is 7.64. The van der Waals surface area contributed by atoms with E-state index in [2.05, 4.69) is 33.3 Å². The highest BCUT2D eigenvalue weighted by molar-refractivity contribution is 5.82. The molecular formula is C32H38F3N7O2. The van der Waals surface area contributed by atoms with Crippen LogP contribution < -0.4 is 9.80 Å². The number of tetrazole rings is 1. The normalized spacial score (nSPS) is 17.0. The lowest BCUT2D eigenvalue weighted by Gasteiger charge is -2.34. The van der Waals surface area contributed by atoms with Gasteiger partial charge in [-0.3, -0.25) is 4.79 Å². The topological polar surface area (TPSA) is 89.3 Å². The molecule has 0 unspecified atom stereocenters. The van der Waals surface area contributed by atoms with Crippen LogP contribution in [0.3, 0.4) is 0 Å². The Morgan fingerprint density at radius 3 is 2.45 bits per heavy atom. The van der Waals surface area contributed by atoms with Crippen molar-refractivity contribution in [1.29, 1.82) is 0 Å². The summed E-state index contributed by atoms with van der Waals surface area (Å²) in [6, 6.07) is 14.1. The van der Waals surface area contributed by atoms with E-state index in [0.29, 0.717) is 48.5 Å². The van der Waals surface area contributed by atoms with Crippen molar-refractivity contribution >= 4 is 29.1 Å². The summed E-state index contributed by atoms with van der Waals surface area (Å²) in [5, 5.41) is 13.6. The van der Waals surface area contributed by atoms with E-state index < -0.39 is 11.7 Å². The number of benzene rings is 2. The molecule has 2 heterocycles. The first-order chi connectivity index (χ1) is 21.1. The second-order valence-electron chi connectivity index (χ2n) is 11.7. The number of hydrogen-bond donors (Lipinski definition) is 0. The second kappa shape index (κ2) is 13.6. The Bertz CT molecular complexity index is 1570. The van der Waals surface area contributed by atoms with E-state index in [4.69, 9.17) is 9.72 Å². The molecule has 1 aliphatic rings. The van der Waals surface area contributed by atoms with Gasteiger partial charge in [-0.05, 0) is 86.4 Å². The van der Waals surface area contributed by atoms with Crippen LogP contribution in [0, 0.1) is 18.8 Å². The van der Waals surface area contributed by atoms with Crippen molar-refractivity contribution in [2.75, 3.05) is 29.5 Å². The molecule has 5 rings (SSSR count). The van der Waals surface area contributed by atoms with Crippen molar-refractivity contribution < 1.29 is 22.7 Å². The maximum atomic E-state index is 13.7. The summed E-state index contributed by atoms with van der Waals surface area (Å²) in [6.07, 6.45) is -0.352. The third-order valence-electron chi connectivity index (χ3n) is 8.29. The molecule has 9 nitrogen and oxygen atoms in total. The second-order valence-corrected chi connectivity index (χ2v) is 11.7. The summed E-state index contributed by atoms with van der Waals surface area (Å²) in [7, 11) is 1.66. The number of fused-ring (bicyclic) bond motifs is 1. The van der Waals surface area contributed by atoms with Gasteiger partial charge < -0.3 is 14.5 Å². The smallest absolute Gasteiger partial charge is 0.416 e. The minimum Gasteiger partial charge on any atom is -0.468 e. The van der Waals surface area contributed by atoms with Crippen LogP contribution >= 0.6 is 0 Å². The Morgan fingerprint density at radius 1 is 1.02 bits per heavy atom. The molecule has 44 heavy (non-hydrogen) atoms. The Labute approximate surface area is 255 Å². The fraction of sp³-hybridized carbons (Fsp3) is 0.469. The van der Waals surface area contributed by atoms with Gasteiger partial charge >= 0.3 is 6.18 Å². The first-order valence-corrected chi connectivity index (χ1v) is 15.0. The summed E-state index contributed by atoms with van der Waals surface area (Å²) < 4.78 is 46.0. The van der Waals surface area contributed by atoms with E-state index in [1.165, 1.54) is 10.9 Å². The number of anilines is 2. The maximum Gasteiger partial charge on any atom is 0.416 e. The van der Waals surface area contributed by atoms with Crippen LogP contribution in [-0.4, -0.2) is 51.4 Å². The van der Waals surface area contributed by atoms with Crippen molar-refractivity contribution in [2.24, 2.45) is 18.9 Å². The minimum atomic E-state index is -4.45. The number of aryl methyl sites for hydroxylation is 2. The Balaban J connectivity index is 1.47. The first-order valence-electron chi connectivity index (χ1n) is 15.0. The zero-order chi connectivity index (χ0) is 31.3. The lowest BCUT2D eigenvalue weighted by atomic mass is 9.82. The Kier molecular flexibility index (Phi) is 9.65. The molecule has 0 aliphatic heterocycles. The molecule has 0 bridgehead atoms. The van der Waals surface area contributed by atoms with E-state index in [9.17, 15) is 18.0 Å². The number of para-hydroxylation sites is 1. The van der Waals surface area contributed by atoms with Crippen LogP contribution in [0.1, 0.15) is 54.9 Å². The number of halogens is 3. The van der Waals surface area contributed by atoms with E-state index in [-0.39, 0.29) is 6.54 Å². The number of aromatic nitrogens is 5. The average Bonchev–Trinajstić information content (AvgIpc) is 3.44. The van der Waals surface area contributed by atoms with Gasteiger partial charge in [0.2, 0.25) is 0 Å². The molecule has 2 aromatic carbocycles. The van der Waals surface area contributed by atoms with Crippen molar-refractivity contribution in [3.05, 3.63) is 70.8 Å². The average molecular weight is 610 g/mol. The number of rotatable bonds is 12. The first kappa shape index (κ1) is 31.2. The van der Waals surface area contributed by atoms with Crippen LogP contribution in [0.25, 0.3) is 10.9 Å². The zero-order valence-electron chi connectivity index (χ0n) is 25.3. The summed E-state index contributed by atoms with van der Waals surface area (Å²) in [5.74, 6) is 2.02. The van der Waals surface area contributed by atoms with Gasteiger partial charge in [-0.25, -0.2) is 4.98 Å². The van der Waals surface area contributed by atoms with Gasteiger partial charge in [0, 0.05) is 37.1 Å². The molecule has 1 saturated carbocycles. The molecule has 12 heteroatoms.